The fraction of sp³-hybridized carbons (Fsp3) is 0. The van der Waals surface area contributed by atoms with E-state index in [1.165, 1.54) is 0 Å². The SMILES string of the molecule is [2H]c1c([2H])c(-c2ccc3ccccc3c2)c([2H])c(N(c2ccc(-c3cccc(-c4ccccc4)c3)cc2)c2cccc(-c3cccc4ccccc34)c2)c1[2H]. The minimum absolute atomic E-state index is 0.0245. The lowest BCUT2D eigenvalue weighted by atomic mass is 9.97. The first-order valence-corrected chi connectivity index (χ1v) is 17.2. The molecule has 9 aromatic rings. The third kappa shape index (κ3) is 6.07. The summed E-state index contributed by atoms with van der Waals surface area (Å²) in [6.07, 6.45) is 0. The van der Waals surface area contributed by atoms with Gasteiger partial charge in [-0.2, -0.15) is 0 Å². The first kappa shape index (κ1) is 26.2. The number of benzene rings is 9. The Kier molecular flexibility index (Phi) is 6.84. The summed E-state index contributed by atoms with van der Waals surface area (Å²) < 4.78 is 37.2. The minimum atomic E-state index is -0.223. The molecule has 0 aliphatic rings. The summed E-state index contributed by atoms with van der Waals surface area (Å²) in [5.41, 5.74) is 9.17. The van der Waals surface area contributed by atoms with E-state index in [4.69, 9.17) is 2.74 Å². The molecule has 0 bridgehead atoms. The van der Waals surface area contributed by atoms with E-state index in [0.29, 0.717) is 11.1 Å². The van der Waals surface area contributed by atoms with Gasteiger partial charge in [0.05, 0.1) is 5.48 Å². The molecule has 0 fully saturated rings. The van der Waals surface area contributed by atoms with E-state index >= 15 is 0 Å². The van der Waals surface area contributed by atoms with E-state index < -0.39 is 0 Å². The van der Waals surface area contributed by atoms with E-state index in [0.717, 1.165) is 66.3 Å². The van der Waals surface area contributed by atoms with Gasteiger partial charge in [0.1, 0.15) is 0 Å². The Hall–Kier alpha value is -6.70. The Morgan fingerprint density at radius 1 is 0.333 bits per heavy atom. The average Bonchev–Trinajstić information content (AvgIpc) is 3.25. The molecule has 0 atom stereocenters. The molecule has 0 amide bonds. The van der Waals surface area contributed by atoms with Gasteiger partial charge in [-0.05, 0) is 115 Å². The lowest BCUT2D eigenvalue weighted by Crippen LogP contribution is -2.10. The number of fused-ring (bicyclic) bond motifs is 2. The Balaban J connectivity index is 1.23. The molecule has 51 heavy (non-hydrogen) atoms. The van der Waals surface area contributed by atoms with Crippen LogP contribution < -0.4 is 4.90 Å². The topological polar surface area (TPSA) is 3.24 Å². The second kappa shape index (κ2) is 13.3. The largest absolute Gasteiger partial charge is 0.310 e. The molecular formula is C50H35N. The molecule has 0 spiro atoms. The molecule has 0 N–H and O–H groups in total. The van der Waals surface area contributed by atoms with Crippen molar-refractivity contribution in [3.8, 4) is 44.5 Å². The number of anilines is 3. The number of hydrogen-bond acceptors (Lipinski definition) is 1. The lowest BCUT2D eigenvalue weighted by molar-refractivity contribution is 1.28. The van der Waals surface area contributed by atoms with Crippen molar-refractivity contribution in [1.29, 1.82) is 0 Å². The molecular weight excluding hydrogens is 615 g/mol. The second-order valence-corrected chi connectivity index (χ2v) is 12.7. The summed E-state index contributed by atoms with van der Waals surface area (Å²) in [4.78, 5) is 1.91. The Labute approximate surface area is 305 Å². The van der Waals surface area contributed by atoms with Crippen LogP contribution in [0, 0.1) is 0 Å². The standard InChI is InChI=1S/C50H35N/c1-2-12-36(13-3-1)41-18-8-19-42(32-41)38-28-30-46(31-29-38)51(47-22-9-20-43(34-47)44-27-26-37-14-4-5-16-40(37)33-44)48-23-10-21-45(35-48)50-25-11-17-39-15-6-7-24-49(39)50/h1-35H/i9D,20D,22D,34D. The van der Waals surface area contributed by atoms with Crippen molar-refractivity contribution in [2.45, 2.75) is 0 Å². The zero-order chi connectivity index (χ0) is 37.5. The van der Waals surface area contributed by atoms with Crippen molar-refractivity contribution >= 4 is 38.6 Å². The third-order valence-electron chi connectivity index (χ3n) is 9.51. The highest BCUT2D eigenvalue weighted by molar-refractivity contribution is 5.97. The van der Waals surface area contributed by atoms with Gasteiger partial charge >= 0.3 is 0 Å². The van der Waals surface area contributed by atoms with Crippen LogP contribution in [0.25, 0.3) is 66.1 Å². The fourth-order valence-electron chi connectivity index (χ4n) is 6.94. The average molecular weight is 654 g/mol. The van der Waals surface area contributed by atoms with E-state index in [1.807, 2.05) is 102 Å². The van der Waals surface area contributed by atoms with Crippen LogP contribution >= 0.6 is 0 Å². The molecule has 0 aromatic heterocycles. The monoisotopic (exact) mass is 653 g/mol. The molecule has 0 heterocycles. The molecule has 0 aliphatic carbocycles. The predicted molar refractivity (Wildman–Crippen MR) is 218 cm³/mol. The van der Waals surface area contributed by atoms with Crippen LogP contribution in [0.1, 0.15) is 5.48 Å². The van der Waals surface area contributed by atoms with Gasteiger partial charge in [0.25, 0.3) is 0 Å². The maximum Gasteiger partial charge on any atom is 0.0651 e. The predicted octanol–water partition coefficient (Wildman–Crippen LogP) is 14.1. The smallest absolute Gasteiger partial charge is 0.0651 e. The van der Waals surface area contributed by atoms with Gasteiger partial charge in [-0.25, -0.2) is 0 Å². The van der Waals surface area contributed by atoms with E-state index in [1.54, 1.807) is 0 Å². The van der Waals surface area contributed by atoms with Crippen LogP contribution in [0.4, 0.5) is 17.1 Å². The van der Waals surface area contributed by atoms with E-state index in [9.17, 15) is 2.74 Å². The molecule has 9 aromatic carbocycles. The summed E-state index contributed by atoms with van der Waals surface area (Å²) >= 11 is 0. The van der Waals surface area contributed by atoms with E-state index in [-0.39, 0.29) is 29.9 Å². The number of rotatable bonds is 7. The summed E-state index contributed by atoms with van der Waals surface area (Å²) in [6.45, 7) is 0. The van der Waals surface area contributed by atoms with Gasteiger partial charge in [0, 0.05) is 17.1 Å². The van der Waals surface area contributed by atoms with Gasteiger partial charge in [-0.3, -0.25) is 0 Å². The summed E-state index contributed by atoms with van der Waals surface area (Å²) in [6, 6.07) is 63.1. The number of nitrogens with zero attached hydrogens (tertiary/aromatic N) is 1. The summed E-state index contributed by atoms with van der Waals surface area (Å²) in [5.74, 6) is 0. The maximum absolute atomic E-state index is 9.74. The first-order valence-electron chi connectivity index (χ1n) is 19.2. The maximum atomic E-state index is 9.74. The zero-order valence-corrected chi connectivity index (χ0v) is 27.8. The van der Waals surface area contributed by atoms with Crippen molar-refractivity contribution in [3.05, 3.63) is 212 Å². The molecule has 240 valence electrons. The molecule has 9 rings (SSSR count). The van der Waals surface area contributed by atoms with Gasteiger partial charge in [0.2, 0.25) is 0 Å². The first-order chi connectivity index (χ1) is 26.9. The molecule has 0 radical (unpaired) electrons. The van der Waals surface area contributed by atoms with Gasteiger partial charge in [-0.15, -0.1) is 0 Å². The Morgan fingerprint density at radius 3 is 1.78 bits per heavy atom. The van der Waals surface area contributed by atoms with Gasteiger partial charge in [0.15, 0.2) is 0 Å². The highest BCUT2D eigenvalue weighted by Gasteiger charge is 2.16. The normalized spacial score (nSPS) is 12.2. The van der Waals surface area contributed by atoms with Crippen LogP contribution in [-0.2, 0) is 0 Å². The van der Waals surface area contributed by atoms with Crippen LogP contribution in [0.3, 0.4) is 0 Å². The summed E-state index contributed by atoms with van der Waals surface area (Å²) in [7, 11) is 0. The van der Waals surface area contributed by atoms with Gasteiger partial charge in [-0.1, -0.05) is 164 Å². The molecule has 1 heteroatoms. The highest BCUT2D eigenvalue weighted by atomic mass is 15.1. The zero-order valence-electron chi connectivity index (χ0n) is 31.8. The lowest BCUT2D eigenvalue weighted by Gasteiger charge is -2.27. The molecule has 0 saturated carbocycles. The Bertz CT molecular complexity index is 2860. The quantitative estimate of drug-likeness (QED) is 0.165. The van der Waals surface area contributed by atoms with Crippen molar-refractivity contribution < 1.29 is 5.48 Å². The highest BCUT2D eigenvalue weighted by Crippen LogP contribution is 2.40. The van der Waals surface area contributed by atoms with Crippen LogP contribution in [0.2, 0.25) is 0 Å². The minimum Gasteiger partial charge on any atom is -0.310 e. The second-order valence-electron chi connectivity index (χ2n) is 12.7. The molecule has 0 aliphatic heterocycles. The van der Waals surface area contributed by atoms with Gasteiger partial charge < -0.3 is 4.90 Å². The fourth-order valence-corrected chi connectivity index (χ4v) is 6.94. The molecule has 0 saturated heterocycles. The van der Waals surface area contributed by atoms with Crippen molar-refractivity contribution in [2.75, 3.05) is 4.90 Å². The van der Waals surface area contributed by atoms with Crippen LogP contribution in [-0.4, -0.2) is 0 Å². The van der Waals surface area contributed by atoms with Crippen LogP contribution in [0.5, 0.6) is 0 Å². The molecule has 1 nitrogen and oxygen atoms in total. The molecule has 0 unspecified atom stereocenters. The van der Waals surface area contributed by atoms with Crippen LogP contribution in [0.15, 0.2) is 212 Å². The van der Waals surface area contributed by atoms with Crippen molar-refractivity contribution in [3.63, 3.8) is 0 Å². The summed E-state index contributed by atoms with van der Waals surface area (Å²) in [5, 5.41) is 4.30. The van der Waals surface area contributed by atoms with Crippen molar-refractivity contribution in [1.82, 2.24) is 0 Å². The number of hydrogen-bond donors (Lipinski definition) is 0. The third-order valence-corrected chi connectivity index (χ3v) is 9.51. The van der Waals surface area contributed by atoms with E-state index in [2.05, 4.69) is 91.0 Å². The Morgan fingerprint density at radius 2 is 0.941 bits per heavy atom. The van der Waals surface area contributed by atoms with Crippen molar-refractivity contribution in [2.24, 2.45) is 0 Å².